The molecule has 0 spiro atoms. The van der Waals surface area contributed by atoms with Crippen molar-refractivity contribution < 1.29 is 14.0 Å². The highest BCUT2D eigenvalue weighted by atomic mass is 79.9. The third-order valence-electron chi connectivity index (χ3n) is 2.47. The van der Waals surface area contributed by atoms with Gasteiger partial charge in [0, 0.05) is 23.1 Å². The molecule has 1 aliphatic heterocycles. The van der Waals surface area contributed by atoms with Crippen molar-refractivity contribution in [1.82, 2.24) is 0 Å². The smallest absolute Gasteiger partial charge is 0.217 e. The predicted octanol–water partition coefficient (Wildman–Crippen LogP) is 1.94. The summed E-state index contributed by atoms with van der Waals surface area (Å²) in [5.74, 6) is -1.12. The fraction of sp³-hybridized carbons (Fsp3) is 0.273. The normalized spacial score (nSPS) is 16.8. The number of piperidine rings is 1. The highest BCUT2D eigenvalue weighted by Crippen LogP contribution is 2.23. The van der Waals surface area contributed by atoms with Gasteiger partial charge in [0.1, 0.15) is 5.82 Å². The summed E-state index contributed by atoms with van der Waals surface area (Å²) in [4.78, 5) is 24.0. The standard InChI is InChI=1S/C11H9BrFNO2/c12-7-3-8(13)5-9(4-7)14-2-1-10(15)11(16)6-14/h3-5H,1-2,6H2. The monoisotopic (exact) mass is 285 g/mol. The summed E-state index contributed by atoms with van der Waals surface area (Å²) in [7, 11) is 0. The maximum Gasteiger partial charge on any atom is 0.217 e. The molecular formula is C11H9BrFNO2. The van der Waals surface area contributed by atoms with Crippen LogP contribution in [0.1, 0.15) is 6.42 Å². The lowest BCUT2D eigenvalue weighted by molar-refractivity contribution is -0.136. The van der Waals surface area contributed by atoms with Crippen molar-refractivity contribution >= 4 is 33.2 Å². The lowest BCUT2D eigenvalue weighted by Gasteiger charge is -2.27. The third-order valence-corrected chi connectivity index (χ3v) is 2.92. The van der Waals surface area contributed by atoms with Crippen LogP contribution in [0.2, 0.25) is 0 Å². The number of benzene rings is 1. The summed E-state index contributed by atoms with van der Waals surface area (Å²) < 4.78 is 13.8. The molecule has 5 heteroatoms. The van der Waals surface area contributed by atoms with Crippen LogP contribution >= 0.6 is 15.9 Å². The van der Waals surface area contributed by atoms with Gasteiger partial charge in [0.2, 0.25) is 11.6 Å². The van der Waals surface area contributed by atoms with E-state index in [4.69, 9.17) is 0 Å². The van der Waals surface area contributed by atoms with Crippen LogP contribution in [-0.4, -0.2) is 24.7 Å². The van der Waals surface area contributed by atoms with Gasteiger partial charge in [-0.15, -0.1) is 0 Å². The molecule has 2 rings (SSSR count). The van der Waals surface area contributed by atoms with Crippen molar-refractivity contribution in [2.24, 2.45) is 0 Å². The summed E-state index contributed by atoms with van der Waals surface area (Å²) in [6.45, 7) is 0.495. The van der Waals surface area contributed by atoms with Crippen LogP contribution in [0, 0.1) is 5.82 Å². The average Bonchev–Trinajstić information content (AvgIpc) is 2.20. The van der Waals surface area contributed by atoms with Gasteiger partial charge >= 0.3 is 0 Å². The van der Waals surface area contributed by atoms with Crippen molar-refractivity contribution in [3.63, 3.8) is 0 Å². The highest BCUT2D eigenvalue weighted by Gasteiger charge is 2.24. The lowest BCUT2D eigenvalue weighted by atomic mass is 10.1. The molecule has 84 valence electrons. The molecule has 1 aromatic rings. The molecule has 0 aliphatic carbocycles. The van der Waals surface area contributed by atoms with E-state index in [1.165, 1.54) is 12.1 Å². The number of carbonyl (C=O) groups is 2. The summed E-state index contributed by atoms with van der Waals surface area (Å²) in [5, 5.41) is 0. The highest BCUT2D eigenvalue weighted by molar-refractivity contribution is 9.10. The molecule has 1 fully saturated rings. The second-order valence-corrected chi connectivity index (χ2v) is 4.56. The van der Waals surface area contributed by atoms with E-state index < -0.39 is 5.78 Å². The second-order valence-electron chi connectivity index (χ2n) is 3.65. The van der Waals surface area contributed by atoms with Gasteiger partial charge in [0.05, 0.1) is 6.54 Å². The molecule has 16 heavy (non-hydrogen) atoms. The van der Waals surface area contributed by atoms with E-state index in [2.05, 4.69) is 15.9 Å². The van der Waals surface area contributed by atoms with Gasteiger partial charge in [0.15, 0.2) is 0 Å². The fourth-order valence-electron chi connectivity index (χ4n) is 1.66. The summed E-state index contributed by atoms with van der Waals surface area (Å²) in [6, 6.07) is 4.43. The molecule has 1 saturated heterocycles. The SMILES string of the molecule is O=C1CCN(c2cc(F)cc(Br)c2)CC1=O. The minimum absolute atomic E-state index is 0.0364. The number of anilines is 1. The Labute approximate surface area is 100 Å². The van der Waals surface area contributed by atoms with E-state index in [-0.39, 0.29) is 24.6 Å². The first-order chi connectivity index (χ1) is 7.56. The zero-order valence-corrected chi connectivity index (χ0v) is 9.96. The Balaban J connectivity index is 2.24. The number of carbonyl (C=O) groups excluding carboxylic acids is 2. The molecular weight excluding hydrogens is 277 g/mol. The van der Waals surface area contributed by atoms with E-state index in [0.29, 0.717) is 16.7 Å². The molecule has 0 unspecified atom stereocenters. The maximum atomic E-state index is 13.1. The number of ketones is 2. The fourth-order valence-corrected chi connectivity index (χ4v) is 2.11. The van der Waals surface area contributed by atoms with E-state index in [1.807, 2.05) is 0 Å². The Hall–Kier alpha value is -1.23. The molecule has 0 saturated carbocycles. The van der Waals surface area contributed by atoms with E-state index in [0.717, 1.165) is 0 Å². The number of nitrogens with zero attached hydrogens (tertiary/aromatic N) is 1. The second kappa shape index (κ2) is 4.33. The number of Topliss-reactive ketones (excluding diaryl/α,β-unsaturated/α-hetero) is 2. The molecule has 0 radical (unpaired) electrons. The van der Waals surface area contributed by atoms with Crippen LogP contribution in [0.5, 0.6) is 0 Å². The first kappa shape index (κ1) is 11.3. The van der Waals surface area contributed by atoms with Gasteiger partial charge in [-0.1, -0.05) is 15.9 Å². The first-order valence-corrected chi connectivity index (χ1v) is 5.62. The number of hydrogen-bond acceptors (Lipinski definition) is 3. The Morgan fingerprint density at radius 1 is 1.19 bits per heavy atom. The topological polar surface area (TPSA) is 37.4 Å². The van der Waals surface area contributed by atoms with Gasteiger partial charge in [-0.05, 0) is 18.2 Å². The zero-order chi connectivity index (χ0) is 11.7. The van der Waals surface area contributed by atoms with Gasteiger partial charge in [-0.3, -0.25) is 9.59 Å². The molecule has 1 aliphatic rings. The Morgan fingerprint density at radius 2 is 1.94 bits per heavy atom. The van der Waals surface area contributed by atoms with Crippen molar-refractivity contribution in [1.29, 1.82) is 0 Å². The van der Waals surface area contributed by atoms with E-state index in [9.17, 15) is 14.0 Å². The lowest BCUT2D eigenvalue weighted by Crippen LogP contribution is -2.41. The zero-order valence-electron chi connectivity index (χ0n) is 8.37. The largest absolute Gasteiger partial charge is 0.363 e. The van der Waals surface area contributed by atoms with Gasteiger partial charge in [-0.2, -0.15) is 0 Å². The predicted molar refractivity (Wildman–Crippen MR) is 60.9 cm³/mol. The van der Waals surface area contributed by atoms with Crippen molar-refractivity contribution in [2.45, 2.75) is 6.42 Å². The Bertz CT molecular complexity index is 441. The maximum absolute atomic E-state index is 13.1. The Kier molecular flexibility index (Phi) is 3.05. The van der Waals surface area contributed by atoms with Gasteiger partial charge in [0.25, 0.3) is 0 Å². The minimum Gasteiger partial charge on any atom is -0.363 e. The molecule has 1 aromatic carbocycles. The number of halogens is 2. The molecule has 0 atom stereocenters. The molecule has 0 amide bonds. The van der Waals surface area contributed by atoms with Gasteiger partial charge < -0.3 is 4.90 Å². The molecule has 3 nitrogen and oxygen atoms in total. The summed E-state index contributed by atoms with van der Waals surface area (Å²) in [6.07, 6.45) is 0.201. The van der Waals surface area contributed by atoms with Crippen molar-refractivity contribution in [2.75, 3.05) is 18.0 Å². The average molecular weight is 286 g/mol. The van der Waals surface area contributed by atoms with Crippen molar-refractivity contribution in [3.8, 4) is 0 Å². The Morgan fingerprint density at radius 3 is 2.56 bits per heavy atom. The van der Waals surface area contributed by atoms with Crippen LogP contribution in [0.4, 0.5) is 10.1 Å². The van der Waals surface area contributed by atoms with Crippen molar-refractivity contribution in [3.05, 3.63) is 28.5 Å². The van der Waals surface area contributed by atoms with Crippen LogP contribution < -0.4 is 4.90 Å². The van der Waals surface area contributed by atoms with Crippen LogP contribution in [0.15, 0.2) is 22.7 Å². The minimum atomic E-state index is -0.411. The summed E-state index contributed by atoms with van der Waals surface area (Å²) in [5.41, 5.74) is 0.618. The number of rotatable bonds is 1. The molecule has 1 heterocycles. The number of hydrogen-bond donors (Lipinski definition) is 0. The van der Waals surface area contributed by atoms with E-state index in [1.54, 1.807) is 11.0 Å². The quantitative estimate of drug-likeness (QED) is 0.740. The molecule has 0 aromatic heterocycles. The van der Waals surface area contributed by atoms with Crippen LogP contribution in [-0.2, 0) is 9.59 Å². The molecule has 0 bridgehead atoms. The summed E-state index contributed by atoms with van der Waals surface area (Å²) >= 11 is 3.19. The van der Waals surface area contributed by atoms with Crippen LogP contribution in [0.3, 0.4) is 0 Å². The first-order valence-electron chi connectivity index (χ1n) is 4.83. The molecule has 0 N–H and O–H groups in total. The van der Waals surface area contributed by atoms with E-state index >= 15 is 0 Å². The third kappa shape index (κ3) is 2.29. The van der Waals surface area contributed by atoms with Gasteiger partial charge in [-0.25, -0.2) is 4.39 Å². The van der Waals surface area contributed by atoms with Crippen LogP contribution in [0.25, 0.3) is 0 Å².